The summed E-state index contributed by atoms with van der Waals surface area (Å²) in [6, 6.07) is 12.0. The highest BCUT2D eigenvalue weighted by Crippen LogP contribution is 2.15. The molecule has 1 atom stereocenters. The fourth-order valence-electron chi connectivity index (χ4n) is 2.21. The predicted molar refractivity (Wildman–Crippen MR) is 81.6 cm³/mol. The highest BCUT2D eigenvalue weighted by atomic mass is 19.1. The summed E-state index contributed by atoms with van der Waals surface area (Å²) in [5.74, 6) is -2.04. The van der Waals surface area contributed by atoms with Crippen molar-refractivity contribution in [2.24, 2.45) is 0 Å². The van der Waals surface area contributed by atoms with Crippen LogP contribution in [-0.4, -0.2) is 31.4 Å². The maximum absolute atomic E-state index is 13.2. The second kappa shape index (κ2) is 7.13. The van der Waals surface area contributed by atoms with Crippen LogP contribution in [0.4, 0.5) is 8.78 Å². The van der Waals surface area contributed by atoms with Gasteiger partial charge in [-0.15, -0.1) is 0 Å². The summed E-state index contributed by atoms with van der Waals surface area (Å²) in [7, 11) is 3.79. The van der Waals surface area contributed by atoms with Crippen LogP contribution in [0.3, 0.4) is 0 Å². The normalized spacial score (nSPS) is 12.2. The summed E-state index contributed by atoms with van der Waals surface area (Å²) in [5.41, 5.74) is 0.901. The van der Waals surface area contributed by atoms with E-state index >= 15 is 0 Å². The van der Waals surface area contributed by atoms with Crippen molar-refractivity contribution in [3.05, 3.63) is 71.3 Å². The Morgan fingerprint density at radius 3 is 2.23 bits per heavy atom. The molecule has 0 bridgehead atoms. The molecule has 1 N–H and O–H groups in total. The maximum atomic E-state index is 13.2. The number of hydrogen-bond acceptors (Lipinski definition) is 2. The van der Waals surface area contributed by atoms with Crippen LogP contribution in [-0.2, 0) is 0 Å². The van der Waals surface area contributed by atoms with E-state index in [-0.39, 0.29) is 11.6 Å². The largest absolute Gasteiger partial charge is 0.344 e. The van der Waals surface area contributed by atoms with E-state index in [1.807, 2.05) is 49.3 Å². The SMILES string of the molecule is CN(C)C[C@@H](NC(=O)c1cc(F)cc(F)c1)c1ccccc1. The zero-order chi connectivity index (χ0) is 16.1. The predicted octanol–water partition coefficient (Wildman–Crippen LogP) is 3.00. The van der Waals surface area contributed by atoms with Crippen LogP contribution in [0.5, 0.6) is 0 Å². The third-order valence-electron chi connectivity index (χ3n) is 3.18. The van der Waals surface area contributed by atoms with Gasteiger partial charge in [0.15, 0.2) is 0 Å². The third kappa shape index (κ3) is 4.36. The minimum atomic E-state index is -0.769. The summed E-state index contributed by atoms with van der Waals surface area (Å²) in [6.45, 7) is 0.577. The van der Waals surface area contributed by atoms with Gasteiger partial charge in [0.1, 0.15) is 11.6 Å². The number of carbonyl (C=O) groups excluding carboxylic acids is 1. The molecule has 0 fully saturated rings. The van der Waals surface area contributed by atoms with E-state index < -0.39 is 17.5 Å². The topological polar surface area (TPSA) is 32.3 Å². The molecule has 1 amide bonds. The molecule has 0 aliphatic heterocycles. The Balaban J connectivity index is 2.21. The number of halogens is 2. The average Bonchev–Trinajstić information content (AvgIpc) is 2.46. The second-order valence-corrected chi connectivity index (χ2v) is 5.36. The molecule has 116 valence electrons. The summed E-state index contributed by atoms with van der Waals surface area (Å²) < 4.78 is 26.5. The van der Waals surface area contributed by atoms with Gasteiger partial charge in [-0.1, -0.05) is 30.3 Å². The van der Waals surface area contributed by atoms with E-state index in [1.165, 1.54) is 0 Å². The number of nitrogens with one attached hydrogen (secondary N) is 1. The van der Waals surface area contributed by atoms with Crippen LogP contribution in [0.2, 0.25) is 0 Å². The maximum Gasteiger partial charge on any atom is 0.252 e. The lowest BCUT2D eigenvalue weighted by atomic mass is 10.1. The van der Waals surface area contributed by atoms with Crippen molar-refractivity contribution in [1.29, 1.82) is 0 Å². The zero-order valence-corrected chi connectivity index (χ0v) is 12.5. The number of rotatable bonds is 5. The minimum Gasteiger partial charge on any atom is -0.344 e. The molecule has 0 aliphatic rings. The van der Waals surface area contributed by atoms with Crippen molar-refractivity contribution in [3.63, 3.8) is 0 Å². The van der Waals surface area contributed by atoms with Gasteiger partial charge < -0.3 is 10.2 Å². The number of carbonyl (C=O) groups is 1. The Kier molecular flexibility index (Phi) is 5.22. The summed E-state index contributed by atoms with van der Waals surface area (Å²) in [5, 5.41) is 2.82. The minimum absolute atomic E-state index is 0.0304. The van der Waals surface area contributed by atoms with E-state index in [4.69, 9.17) is 0 Å². The molecule has 0 unspecified atom stereocenters. The van der Waals surface area contributed by atoms with Gasteiger partial charge in [0.05, 0.1) is 6.04 Å². The van der Waals surface area contributed by atoms with Gasteiger partial charge in [-0.25, -0.2) is 8.78 Å². The molecular formula is C17H18F2N2O. The molecule has 2 rings (SSSR count). The van der Waals surface area contributed by atoms with Gasteiger partial charge in [0.2, 0.25) is 0 Å². The Morgan fingerprint density at radius 2 is 1.68 bits per heavy atom. The highest BCUT2D eigenvalue weighted by Gasteiger charge is 2.17. The van der Waals surface area contributed by atoms with Crippen LogP contribution in [0, 0.1) is 11.6 Å². The number of amides is 1. The van der Waals surface area contributed by atoms with Crippen LogP contribution < -0.4 is 5.32 Å². The summed E-state index contributed by atoms with van der Waals surface area (Å²) in [4.78, 5) is 14.2. The Labute approximate surface area is 128 Å². The van der Waals surface area contributed by atoms with Crippen molar-refractivity contribution in [1.82, 2.24) is 10.2 Å². The molecule has 22 heavy (non-hydrogen) atoms. The van der Waals surface area contributed by atoms with Gasteiger partial charge in [-0.05, 0) is 31.8 Å². The van der Waals surface area contributed by atoms with Crippen LogP contribution in [0.15, 0.2) is 48.5 Å². The lowest BCUT2D eigenvalue weighted by Crippen LogP contribution is -2.35. The molecule has 0 heterocycles. The quantitative estimate of drug-likeness (QED) is 0.921. The Hall–Kier alpha value is -2.27. The van der Waals surface area contributed by atoms with Gasteiger partial charge in [-0.3, -0.25) is 4.79 Å². The highest BCUT2D eigenvalue weighted by molar-refractivity contribution is 5.94. The van der Waals surface area contributed by atoms with E-state index in [0.717, 1.165) is 23.8 Å². The van der Waals surface area contributed by atoms with E-state index in [0.29, 0.717) is 6.54 Å². The van der Waals surface area contributed by atoms with Crippen molar-refractivity contribution in [2.75, 3.05) is 20.6 Å². The molecule has 0 aromatic heterocycles. The van der Waals surface area contributed by atoms with Crippen molar-refractivity contribution in [3.8, 4) is 0 Å². The zero-order valence-electron chi connectivity index (χ0n) is 12.5. The molecule has 0 spiro atoms. The van der Waals surface area contributed by atoms with Crippen molar-refractivity contribution < 1.29 is 13.6 Å². The van der Waals surface area contributed by atoms with E-state index in [2.05, 4.69) is 5.32 Å². The Bertz CT molecular complexity index is 624. The first-order valence-electron chi connectivity index (χ1n) is 6.92. The first kappa shape index (κ1) is 16.1. The van der Waals surface area contributed by atoms with E-state index in [1.54, 1.807) is 0 Å². The molecule has 3 nitrogen and oxygen atoms in total. The van der Waals surface area contributed by atoms with Gasteiger partial charge in [-0.2, -0.15) is 0 Å². The molecule has 2 aromatic rings. The molecule has 0 saturated carbocycles. The first-order valence-corrected chi connectivity index (χ1v) is 6.92. The van der Waals surface area contributed by atoms with Gasteiger partial charge >= 0.3 is 0 Å². The van der Waals surface area contributed by atoms with Crippen molar-refractivity contribution in [2.45, 2.75) is 6.04 Å². The van der Waals surface area contributed by atoms with Gasteiger partial charge in [0.25, 0.3) is 5.91 Å². The first-order chi connectivity index (χ1) is 10.5. The summed E-state index contributed by atoms with van der Waals surface area (Å²) >= 11 is 0. The molecule has 0 radical (unpaired) electrons. The number of nitrogens with zero attached hydrogens (tertiary/aromatic N) is 1. The number of likely N-dealkylation sites (N-methyl/N-ethyl adjacent to an activating group) is 1. The third-order valence-corrected chi connectivity index (χ3v) is 3.18. The summed E-state index contributed by atoms with van der Waals surface area (Å²) in [6.07, 6.45) is 0. The number of hydrogen-bond donors (Lipinski definition) is 1. The standard InChI is InChI=1S/C17H18F2N2O/c1-21(2)11-16(12-6-4-3-5-7-12)20-17(22)13-8-14(18)10-15(19)9-13/h3-10,16H,11H2,1-2H3,(H,20,22)/t16-/m1/s1. The molecule has 5 heteroatoms. The Morgan fingerprint density at radius 1 is 1.09 bits per heavy atom. The molecule has 2 aromatic carbocycles. The second-order valence-electron chi connectivity index (χ2n) is 5.36. The molecule has 0 aliphatic carbocycles. The van der Waals surface area contributed by atoms with Gasteiger partial charge in [0, 0.05) is 18.2 Å². The van der Waals surface area contributed by atoms with E-state index in [9.17, 15) is 13.6 Å². The lowest BCUT2D eigenvalue weighted by Gasteiger charge is -2.23. The lowest BCUT2D eigenvalue weighted by molar-refractivity contribution is 0.0929. The van der Waals surface area contributed by atoms with Crippen molar-refractivity contribution >= 4 is 5.91 Å². The fourth-order valence-corrected chi connectivity index (χ4v) is 2.21. The molecular weight excluding hydrogens is 286 g/mol. The average molecular weight is 304 g/mol. The van der Waals surface area contributed by atoms with Crippen LogP contribution in [0.25, 0.3) is 0 Å². The van der Waals surface area contributed by atoms with Crippen LogP contribution >= 0.6 is 0 Å². The van der Waals surface area contributed by atoms with Crippen LogP contribution in [0.1, 0.15) is 22.0 Å². The number of benzene rings is 2. The smallest absolute Gasteiger partial charge is 0.252 e. The fraction of sp³-hybridized carbons (Fsp3) is 0.235. The molecule has 0 saturated heterocycles. The monoisotopic (exact) mass is 304 g/mol.